The highest BCUT2D eigenvalue weighted by atomic mass is 16.3. The van der Waals surface area contributed by atoms with Crippen molar-refractivity contribution in [1.29, 1.82) is 0 Å². The Kier molecular flexibility index (Phi) is 3.59. The molecule has 1 aromatic carbocycles. The number of carbonyl (C=O) groups is 1. The second-order valence-electron chi connectivity index (χ2n) is 5.43. The van der Waals surface area contributed by atoms with Gasteiger partial charge in [-0.15, -0.1) is 0 Å². The Hall–Kier alpha value is -2.03. The van der Waals surface area contributed by atoms with Crippen LogP contribution in [0.15, 0.2) is 41.0 Å². The summed E-state index contributed by atoms with van der Waals surface area (Å²) in [6.07, 6.45) is 5.27. The van der Waals surface area contributed by atoms with E-state index < -0.39 is 0 Å². The minimum Gasteiger partial charge on any atom is -0.469 e. The van der Waals surface area contributed by atoms with E-state index in [2.05, 4.69) is 5.32 Å². The average Bonchev–Trinajstić information content (AvgIpc) is 2.83. The molecular formula is C17H19NO2. The lowest BCUT2D eigenvalue weighted by Gasteiger charge is -2.23. The van der Waals surface area contributed by atoms with Crippen LogP contribution in [0.3, 0.4) is 0 Å². The molecule has 104 valence electrons. The maximum Gasteiger partial charge on any atom is 0.224 e. The first-order valence-electron chi connectivity index (χ1n) is 7.14. The van der Waals surface area contributed by atoms with Crippen LogP contribution in [0.25, 0.3) is 0 Å². The molecule has 0 spiro atoms. The molecule has 3 heteroatoms. The van der Waals surface area contributed by atoms with Crippen LogP contribution in [-0.2, 0) is 17.6 Å². The van der Waals surface area contributed by atoms with Crippen LogP contribution in [0.4, 0.5) is 0 Å². The molecule has 3 rings (SSSR count). The number of rotatable bonds is 3. The fourth-order valence-corrected chi connectivity index (χ4v) is 2.95. The summed E-state index contributed by atoms with van der Waals surface area (Å²) < 4.78 is 5.57. The lowest BCUT2D eigenvalue weighted by molar-refractivity contribution is -0.121. The Labute approximate surface area is 119 Å². The number of fused-ring (bicyclic) bond motifs is 1. The zero-order valence-corrected chi connectivity index (χ0v) is 11.7. The van der Waals surface area contributed by atoms with E-state index in [1.165, 1.54) is 5.56 Å². The molecule has 1 amide bonds. The molecule has 3 nitrogen and oxygen atoms in total. The normalized spacial score (nSPS) is 17.6. The third-order valence-corrected chi connectivity index (χ3v) is 3.89. The summed E-state index contributed by atoms with van der Waals surface area (Å²) in [6.45, 7) is 2.05. The minimum absolute atomic E-state index is 0.0784. The smallest absolute Gasteiger partial charge is 0.224 e. The largest absolute Gasteiger partial charge is 0.469 e. The van der Waals surface area contributed by atoms with Crippen molar-refractivity contribution < 1.29 is 9.21 Å². The standard InChI is InChI=1S/C17H19NO2/c1-12-11-20-15-9-5-8-14(17(12)15)18-16(19)10-13-6-3-2-4-7-13/h2-4,6-7,11,14H,5,8-10H2,1H3,(H,18,19). The maximum atomic E-state index is 12.2. The van der Waals surface area contributed by atoms with E-state index in [9.17, 15) is 4.79 Å². The fourth-order valence-electron chi connectivity index (χ4n) is 2.95. The van der Waals surface area contributed by atoms with Crippen molar-refractivity contribution >= 4 is 5.91 Å². The van der Waals surface area contributed by atoms with Crippen molar-refractivity contribution in [3.8, 4) is 0 Å². The molecule has 0 fully saturated rings. The summed E-state index contributed by atoms with van der Waals surface area (Å²) in [4.78, 5) is 12.2. The van der Waals surface area contributed by atoms with Gasteiger partial charge < -0.3 is 9.73 Å². The molecule has 1 unspecified atom stereocenters. The van der Waals surface area contributed by atoms with Crippen LogP contribution >= 0.6 is 0 Å². The zero-order chi connectivity index (χ0) is 13.9. The second-order valence-corrected chi connectivity index (χ2v) is 5.43. The van der Waals surface area contributed by atoms with Crippen LogP contribution in [-0.4, -0.2) is 5.91 Å². The SMILES string of the molecule is Cc1coc2c1C(NC(=O)Cc1ccccc1)CCC2. The van der Waals surface area contributed by atoms with E-state index in [1.54, 1.807) is 6.26 Å². The molecule has 1 aromatic heterocycles. The average molecular weight is 269 g/mol. The Bertz CT molecular complexity index is 601. The van der Waals surface area contributed by atoms with Crippen molar-refractivity contribution in [3.05, 3.63) is 59.0 Å². The third-order valence-electron chi connectivity index (χ3n) is 3.89. The first-order chi connectivity index (χ1) is 9.74. The minimum atomic E-state index is 0.0784. The summed E-state index contributed by atoms with van der Waals surface area (Å²) in [6, 6.07) is 9.95. The fraction of sp³-hybridized carbons (Fsp3) is 0.353. The lowest BCUT2D eigenvalue weighted by Crippen LogP contribution is -2.32. The van der Waals surface area contributed by atoms with Crippen molar-refractivity contribution in [3.63, 3.8) is 0 Å². The Morgan fingerprint density at radius 1 is 1.35 bits per heavy atom. The number of benzene rings is 1. The number of hydrogen-bond acceptors (Lipinski definition) is 2. The Morgan fingerprint density at radius 3 is 2.95 bits per heavy atom. The number of hydrogen-bond donors (Lipinski definition) is 1. The second kappa shape index (κ2) is 5.53. The quantitative estimate of drug-likeness (QED) is 0.928. The van der Waals surface area contributed by atoms with E-state index in [-0.39, 0.29) is 11.9 Å². The topological polar surface area (TPSA) is 42.2 Å². The molecule has 20 heavy (non-hydrogen) atoms. The van der Waals surface area contributed by atoms with Gasteiger partial charge in [-0.05, 0) is 30.9 Å². The maximum absolute atomic E-state index is 12.2. The Morgan fingerprint density at radius 2 is 2.15 bits per heavy atom. The molecule has 0 radical (unpaired) electrons. The summed E-state index contributed by atoms with van der Waals surface area (Å²) >= 11 is 0. The van der Waals surface area contributed by atoms with Gasteiger partial charge in [-0.2, -0.15) is 0 Å². The number of nitrogens with one attached hydrogen (secondary N) is 1. The van der Waals surface area contributed by atoms with Gasteiger partial charge in [-0.3, -0.25) is 4.79 Å². The van der Waals surface area contributed by atoms with E-state index >= 15 is 0 Å². The highest BCUT2D eigenvalue weighted by Gasteiger charge is 2.26. The van der Waals surface area contributed by atoms with Gasteiger partial charge in [-0.25, -0.2) is 0 Å². The van der Waals surface area contributed by atoms with Gasteiger partial charge >= 0.3 is 0 Å². The van der Waals surface area contributed by atoms with Gasteiger partial charge in [-0.1, -0.05) is 30.3 Å². The van der Waals surface area contributed by atoms with Crippen LogP contribution in [0.1, 0.15) is 41.3 Å². The van der Waals surface area contributed by atoms with E-state index in [4.69, 9.17) is 4.42 Å². The molecular weight excluding hydrogens is 250 g/mol. The van der Waals surface area contributed by atoms with Crippen LogP contribution in [0.5, 0.6) is 0 Å². The molecule has 1 atom stereocenters. The van der Waals surface area contributed by atoms with E-state index in [1.807, 2.05) is 37.3 Å². The molecule has 1 aliphatic rings. The molecule has 2 aromatic rings. The van der Waals surface area contributed by atoms with Crippen molar-refractivity contribution in [2.24, 2.45) is 0 Å². The third kappa shape index (κ3) is 2.62. The van der Waals surface area contributed by atoms with Crippen molar-refractivity contribution in [2.75, 3.05) is 0 Å². The number of furan rings is 1. The summed E-state index contributed by atoms with van der Waals surface area (Å²) in [7, 11) is 0. The van der Waals surface area contributed by atoms with Gasteiger partial charge in [0.25, 0.3) is 0 Å². The highest BCUT2D eigenvalue weighted by Crippen LogP contribution is 2.33. The summed E-state index contributed by atoms with van der Waals surface area (Å²) in [5.41, 5.74) is 3.38. The molecule has 0 bridgehead atoms. The van der Waals surface area contributed by atoms with E-state index in [0.29, 0.717) is 6.42 Å². The highest BCUT2D eigenvalue weighted by molar-refractivity contribution is 5.79. The molecule has 1 heterocycles. The van der Waals surface area contributed by atoms with Crippen molar-refractivity contribution in [2.45, 2.75) is 38.6 Å². The van der Waals surface area contributed by atoms with Gasteiger partial charge in [0.15, 0.2) is 0 Å². The van der Waals surface area contributed by atoms with Crippen molar-refractivity contribution in [1.82, 2.24) is 5.32 Å². The van der Waals surface area contributed by atoms with Gasteiger partial charge in [0.05, 0.1) is 18.7 Å². The van der Waals surface area contributed by atoms with Crippen LogP contribution in [0, 0.1) is 6.92 Å². The zero-order valence-electron chi connectivity index (χ0n) is 11.7. The summed E-state index contributed by atoms with van der Waals surface area (Å²) in [5, 5.41) is 3.15. The van der Waals surface area contributed by atoms with Gasteiger partial charge in [0, 0.05) is 12.0 Å². The predicted molar refractivity (Wildman–Crippen MR) is 77.4 cm³/mol. The van der Waals surface area contributed by atoms with Gasteiger partial charge in [0.2, 0.25) is 5.91 Å². The Balaban J connectivity index is 1.70. The van der Waals surface area contributed by atoms with Crippen LogP contribution in [0.2, 0.25) is 0 Å². The number of amides is 1. The molecule has 0 saturated carbocycles. The first kappa shape index (κ1) is 13.0. The van der Waals surface area contributed by atoms with Crippen LogP contribution < -0.4 is 5.32 Å². The predicted octanol–water partition coefficient (Wildman–Crippen LogP) is 3.32. The molecule has 0 saturated heterocycles. The van der Waals surface area contributed by atoms with Gasteiger partial charge in [0.1, 0.15) is 5.76 Å². The summed E-state index contributed by atoms with van der Waals surface area (Å²) in [5.74, 6) is 1.12. The lowest BCUT2D eigenvalue weighted by atomic mass is 9.91. The molecule has 0 aliphatic heterocycles. The molecule has 1 aliphatic carbocycles. The number of aryl methyl sites for hydroxylation is 2. The monoisotopic (exact) mass is 269 g/mol. The molecule has 1 N–H and O–H groups in total. The number of carbonyl (C=O) groups excluding carboxylic acids is 1. The van der Waals surface area contributed by atoms with E-state index in [0.717, 1.165) is 36.1 Å². The first-order valence-corrected chi connectivity index (χ1v) is 7.14.